The van der Waals surface area contributed by atoms with Gasteiger partial charge in [-0.25, -0.2) is 0 Å². The van der Waals surface area contributed by atoms with Crippen molar-refractivity contribution in [2.75, 3.05) is 13.7 Å². The van der Waals surface area contributed by atoms with Crippen LogP contribution in [0.25, 0.3) is 0 Å². The molecular formula is C19H24N2O3. The van der Waals surface area contributed by atoms with Gasteiger partial charge < -0.3 is 14.8 Å². The number of methoxy groups -OCH3 is 1. The average molecular weight is 328 g/mol. The van der Waals surface area contributed by atoms with E-state index < -0.39 is 6.10 Å². The summed E-state index contributed by atoms with van der Waals surface area (Å²) < 4.78 is 10.9. The van der Waals surface area contributed by atoms with E-state index in [1.807, 2.05) is 6.07 Å². The number of nitriles is 1. The Morgan fingerprint density at radius 2 is 2.21 bits per heavy atom. The van der Waals surface area contributed by atoms with Gasteiger partial charge in [-0.3, -0.25) is 4.79 Å². The number of allylic oxidation sites excluding steroid dienone is 1. The van der Waals surface area contributed by atoms with Crippen LogP contribution in [-0.4, -0.2) is 25.7 Å². The lowest BCUT2D eigenvalue weighted by Gasteiger charge is -2.17. The first-order valence-corrected chi connectivity index (χ1v) is 8.34. The molecule has 0 aliphatic heterocycles. The summed E-state index contributed by atoms with van der Waals surface area (Å²) in [5.41, 5.74) is 1.92. The Balaban J connectivity index is 1.85. The van der Waals surface area contributed by atoms with Crippen LogP contribution in [0.4, 0.5) is 0 Å². The molecule has 0 saturated carbocycles. The van der Waals surface area contributed by atoms with E-state index in [1.165, 1.54) is 25.5 Å². The summed E-state index contributed by atoms with van der Waals surface area (Å²) in [6, 6.07) is 6.92. The number of amides is 1. The summed E-state index contributed by atoms with van der Waals surface area (Å²) in [6.07, 6.45) is 7.37. The quantitative estimate of drug-likeness (QED) is 0.779. The second-order valence-corrected chi connectivity index (χ2v) is 5.89. The SMILES string of the molecule is COc1cc(C#N)ccc1O[C@@H](C)C(=O)NCCC1=CCCCC1. The van der Waals surface area contributed by atoms with E-state index in [-0.39, 0.29) is 5.91 Å². The minimum atomic E-state index is -0.632. The van der Waals surface area contributed by atoms with Crippen molar-refractivity contribution in [3.8, 4) is 17.6 Å². The molecule has 0 saturated heterocycles. The van der Waals surface area contributed by atoms with Gasteiger partial charge in [-0.05, 0) is 51.2 Å². The molecule has 1 aliphatic rings. The fourth-order valence-corrected chi connectivity index (χ4v) is 2.70. The number of nitrogens with zero attached hydrogens (tertiary/aromatic N) is 1. The lowest BCUT2D eigenvalue weighted by Crippen LogP contribution is -2.37. The van der Waals surface area contributed by atoms with Crippen molar-refractivity contribution in [3.05, 3.63) is 35.4 Å². The molecule has 1 atom stereocenters. The number of benzene rings is 1. The summed E-state index contributed by atoms with van der Waals surface area (Å²) in [5.74, 6) is 0.744. The van der Waals surface area contributed by atoms with Crippen molar-refractivity contribution in [1.29, 1.82) is 5.26 Å². The second kappa shape index (κ2) is 8.97. The predicted octanol–water partition coefficient (Wildman–Crippen LogP) is 3.34. The molecule has 0 unspecified atom stereocenters. The molecule has 5 heteroatoms. The molecule has 1 amide bonds. The van der Waals surface area contributed by atoms with Crippen molar-refractivity contribution in [3.63, 3.8) is 0 Å². The van der Waals surface area contributed by atoms with Crippen LogP contribution in [0.5, 0.6) is 11.5 Å². The fourth-order valence-electron chi connectivity index (χ4n) is 2.70. The van der Waals surface area contributed by atoms with E-state index >= 15 is 0 Å². The summed E-state index contributed by atoms with van der Waals surface area (Å²) in [5, 5.41) is 11.8. The Hall–Kier alpha value is -2.48. The van der Waals surface area contributed by atoms with Gasteiger partial charge in [0.05, 0.1) is 18.7 Å². The second-order valence-electron chi connectivity index (χ2n) is 5.89. The van der Waals surface area contributed by atoms with Crippen LogP contribution < -0.4 is 14.8 Å². The number of carbonyl (C=O) groups excluding carboxylic acids is 1. The van der Waals surface area contributed by atoms with Crippen LogP contribution >= 0.6 is 0 Å². The first kappa shape index (κ1) is 17.9. The van der Waals surface area contributed by atoms with Crippen LogP contribution in [0.1, 0.15) is 44.6 Å². The van der Waals surface area contributed by atoms with Crippen molar-refractivity contribution >= 4 is 5.91 Å². The Bertz CT molecular complexity index is 647. The minimum absolute atomic E-state index is 0.155. The molecule has 0 aromatic heterocycles. The molecule has 128 valence electrons. The van der Waals surface area contributed by atoms with Gasteiger partial charge in [-0.2, -0.15) is 5.26 Å². The number of carbonyl (C=O) groups is 1. The van der Waals surface area contributed by atoms with Crippen molar-refractivity contribution in [2.24, 2.45) is 0 Å². The molecule has 0 radical (unpaired) electrons. The Morgan fingerprint density at radius 3 is 2.88 bits per heavy atom. The molecule has 1 aromatic carbocycles. The zero-order valence-corrected chi connectivity index (χ0v) is 14.3. The molecule has 5 nitrogen and oxygen atoms in total. The molecule has 0 heterocycles. The van der Waals surface area contributed by atoms with Gasteiger partial charge in [-0.1, -0.05) is 11.6 Å². The van der Waals surface area contributed by atoms with Crippen LogP contribution in [-0.2, 0) is 4.79 Å². The minimum Gasteiger partial charge on any atom is -0.493 e. The maximum Gasteiger partial charge on any atom is 0.260 e. The maximum atomic E-state index is 12.2. The topological polar surface area (TPSA) is 71.3 Å². The Kier molecular flexibility index (Phi) is 6.68. The number of ether oxygens (including phenoxy) is 2. The van der Waals surface area contributed by atoms with Crippen molar-refractivity contribution < 1.29 is 14.3 Å². The summed E-state index contributed by atoms with van der Waals surface area (Å²) >= 11 is 0. The monoisotopic (exact) mass is 328 g/mol. The number of rotatable bonds is 7. The lowest BCUT2D eigenvalue weighted by atomic mass is 9.97. The largest absolute Gasteiger partial charge is 0.493 e. The third-order valence-corrected chi connectivity index (χ3v) is 4.10. The molecular weight excluding hydrogens is 304 g/mol. The first-order chi connectivity index (χ1) is 11.6. The van der Waals surface area contributed by atoms with Gasteiger partial charge in [0.2, 0.25) is 0 Å². The maximum absolute atomic E-state index is 12.2. The van der Waals surface area contributed by atoms with Gasteiger partial charge in [-0.15, -0.1) is 0 Å². The van der Waals surface area contributed by atoms with Crippen LogP contribution in [0.15, 0.2) is 29.8 Å². The van der Waals surface area contributed by atoms with Crippen LogP contribution in [0, 0.1) is 11.3 Å². The van der Waals surface area contributed by atoms with E-state index in [1.54, 1.807) is 25.1 Å². The molecule has 24 heavy (non-hydrogen) atoms. The van der Waals surface area contributed by atoms with E-state index in [0.717, 1.165) is 19.3 Å². The number of hydrogen-bond donors (Lipinski definition) is 1. The van der Waals surface area contributed by atoms with Crippen LogP contribution in [0.3, 0.4) is 0 Å². The fraction of sp³-hybridized carbons (Fsp3) is 0.474. The summed E-state index contributed by atoms with van der Waals surface area (Å²) in [7, 11) is 1.51. The van der Waals surface area contributed by atoms with Gasteiger partial charge >= 0.3 is 0 Å². The highest BCUT2D eigenvalue weighted by molar-refractivity contribution is 5.80. The van der Waals surface area contributed by atoms with Crippen molar-refractivity contribution in [2.45, 2.75) is 45.1 Å². The third kappa shape index (κ3) is 5.02. The first-order valence-electron chi connectivity index (χ1n) is 8.34. The van der Waals surface area contributed by atoms with Gasteiger partial charge in [0.1, 0.15) is 0 Å². The van der Waals surface area contributed by atoms with Crippen molar-refractivity contribution in [1.82, 2.24) is 5.32 Å². The molecule has 1 aliphatic carbocycles. The molecule has 0 spiro atoms. The van der Waals surface area contributed by atoms with Gasteiger partial charge in [0, 0.05) is 12.6 Å². The molecule has 1 N–H and O–H groups in total. The number of hydrogen-bond acceptors (Lipinski definition) is 4. The van der Waals surface area contributed by atoms with E-state index in [4.69, 9.17) is 14.7 Å². The highest BCUT2D eigenvalue weighted by Gasteiger charge is 2.17. The normalized spacial score (nSPS) is 15.0. The molecule has 1 aromatic rings. The molecule has 0 bridgehead atoms. The molecule has 0 fully saturated rings. The highest BCUT2D eigenvalue weighted by atomic mass is 16.5. The van der Waals surface area contributed by atoms with E-state index in [0.29, 0.717) is 23.6 Å². The zero-order chi connectivity index (χ0) is 17.4. The third-order valence-electron chi connectivity index (χ3n) is 4.10. The Morgan fingerprint density at radius 1 is 1.38 bits per heavy atom. The highest BCUT2D eigenvalue weighted by Crippen LogP contribution is 2.28. The summed E-state index contributed by atoms with van der Waals surface area (Å²) in [6.45, 7) is 2.33. The van der Waals surface area contributed by atoms with Gasteiger partial charge in [0.25, 0.3) is 5.91 Å². The standard InChI is InChI=1S/C19H24N2O3/c1-14(19(22)21-11-10-15-6-4-3-5-7-15)24-17-9-8-16(13-20)12-18(17)23-2/h6,8-9,12,14H,3-5,7,10-11H2,1-2H3,(H,21,22)/t14-/m0/s1. The zero-order valence-electron chi connectivity index (χ0n) is 14.3. The Labute approximate surface area is 143 Å². The average Bonchev–Trinajstić information content (AvgIpc) is 2.62. The predicted molar refractivity (Wildman–Crippen MR) is 92.0 cm³/mol. The molecule has 2 rings (SSSR count). The van der Waals surface area contributed by atoms with Crippen LogP contribution in [0.2, 0.25) is 0 Å². The van der Waals surface area contributed by atoms with E-state index in [9.17, 15) is 4.79 Å². The van der Waals surface area contributed by atoms with Gasteiger partial charge in [0.15, 0.2) is 17.6 Å². The smallest absolute Gasteiger partial charge is 0.260 e. The number of nitrogens with one attached hydrogen (secondary N) is 1. The lowest BCUT2D eigenvalue weighted by molar-refractivity contribution is -0.127. The van der Waals surface area contributed by atoms with E-state index in [2.05, 4.69) is 11.4 Å². The summed E-state index contributed by atoms with van der Waals surface area (Å²) in [4.78, 5) is 12.2.